The molecule has 18 heavy (non-hydrogen) atoms. The monoisotopic (exact) mass is 275 g/mol. The Morgan fingerprint density at radius 3 is 3.06 bits per heavy atom. The summed E-state index contributed by atoms with van der Waals surface area (Å²) in [5, 5.41) is 4.91. The lowest BCUT2D eigenvalue weighted by atomic mass is 10.3. The Balaban J connectivity index is 1.79. The summed E-state index contributed by atoms with van der Waals surface area (Å²) in [6.07, 6.45) is 3.61. The van der Waals surface area contributed by atoms with Crippen molar-refractivity contribution >= 4 is 38.3 Å². The number of aromatic nitrogens is 2. The molecule has 0 aliphatic heterocycles. The number of nitrogens with one attached hydrogen (secondary N) is 1. The summed E-state index contributed by atoms with van der Waals surface area (Å²) < 4.78 is 1.13. The van der Waals surface area contributed by atoms with E-state index in [1.165, 1.54) is 0 Å². The summed E-state index contributed by atoms with van der Waals surface area (Å²) in [5.74, 6) is 0. The van der Waals surface area contributed by atoms with Gasteiger partial charge in [-0.1, -0.05) is 29.0 Å². The van der Waals surface area contributed by atoms with Crippen molar-refractivity contribution < 1.29 is 0 Å². The van der Waals surface area contributed by atoms with Crippen molar-refractivity contribution in [3.63, 3.8) is 0 Å². The first kappa shape index (κ1) is 11.4. The molecule has 1 aromatic carbocycles. The maximum absolute atomic E-state index is 5.94. The number of pyridine rings is 1. The van der Waals surface area contributed by atoms with Crippen LogP contribution in [0.1, 0.15) is 5.56 Å². The molecule has 0 amide bonds. The molecule has 1 N–H and O–H groups in total. The summed E-state index contributed by atoms with van der Waals surface area (Å²) in [4.78, 5) is 8.57. The van der Waals surface area contributed by atoms with Crippen LogP contribution in [0.5, 0.6) is 0 Å². The summed E-state index contributed by atoms with van der Waals surface area (Å²) in [7, 11) is 0. The van der Waals surface area contributed by atoms with Crippen LogP contribution in [0, 0.1) is 0 Å². The van der Waals surface area contributed by atoms with Gasteiger partial charge < -0.3 is 5.32 Å². The van der Waals surface area contributed by atoms with E-state index in [0.29, 0.717) is 5.02 Å². The molecule has 0 radical (unpaired) electrons. The lowest BCUT2D eigenvalue weighted by Gasteiger charge is -2.00. The van der Waals surface area contributed by atoms with Gasteiger partial charge in [-0.2, -0.15) is 0 Å². The van der Waals surface area contributed by atoms with Crippen LogP contribution >= 0.6 is 22.9 Å². The predicted molar refractivity (Wildman–Crippen MR) is 76.2 cm³/mol. The largest absolute Gasteiger partial charge is 0.357 e. The van der Waals surface area contributed by atoms with E-state index in [-0.39, 0.29) is 0 Å². The van der Waals surface area contributed by atoms with Crippen molar-refractivity contribution in [3.8, 4) is 0 Å². The molecule has 90 valence electrons. The zero-order valence-corrected chi connectivity index (χ0v) is 11.0. The van der Waals surface area contributed by atoms with Gasteiger partial charge in [-0.3, -0.25) is 4.98 Å². The Morgan fingerprint density at radius 1 is 1.28 bits per heavy atom. The minimum absolute atomic E-state index is 0.714. The molecule has 0 saturated heterocycles. The van der Waals surface area contributed by atoms with Gasteiger partial charge in [0.1, 0.15) is 0 Å². The van der Waals surface area contributed by atoms with Crippen molar-refractivity contribution in [1.82, 2.24) is 9.97 Å². The number of rotatable bonds is 3. The molecule has 0 unspecified atom stereocenters. The van der Waals surface area contributed by atoms with E-state index in [0.717, 1.165) is 27.5 Å². The van der Waals surface area contributed by atoms with Gasteiger partial charge in [-0.25, -0.2) is 4.98 Å². The smallest absolute Gasteiger partial charge is 0.184 e. The Bertz CT molecular complexity index is 666. The first-order chi connectivity index (χ1) is 8.81. The van der Waals surface area contributed by atoms with E-state index >= 15 is 0 Å². The second-order valence-electron chi connectivity index (χ2n) is 3.85. The quantitative estimate of drug-likeness (QED) is 0.786. The molecular weight excluding hydrogens is 266 g/mol. The lowest BCUT2D eigenvalue weighted by molar-refractivity contribution is 1.11. The van der Waals surface area contributed by atoms with Crippen LogP contribution in [-0.2, 0) is 6.54 Å². The van der Waals surface area contributed by atoms with Crippen molar-refractivity contribution in [2.75, 3.05) is 5.32 Å². The zero-order chi connectivity index (χ0) is 12.4. The molecule has 2 heterocycles. The number of thiazole rings is 1. The Morgan fingerprint density at radius 2 is 2.22 bits per heavy atom. The topological polar surface area (TPSA) is 37.8 Å². The highest BCUT2D eigenvalue weighted by atomic mass is 35.5. The zero-order valence-electron chi connectivity index (χ0n) is 9.43. The maximum atomic E-state index is 5.94. The summed E-state index contributed by atoms with van der Waals surface area (Å²) >= 11 is 7.56. The minimum Gasteiger partial charge on any atom is -0.357 e. The average Bonchev–Trinajstić information content (AvgIpc) is 2.79. The van der Waals surface area contributed by atoms with Gasteiger partial charge in [0.25, 0.3) is 0 Å². The second-order valence-corrected chi connectivity index (χ2v) is 5.31. The number of hydrogen-bond donors (Lipinski definition) is 1. The van der Waals surface area contributed by atoms with Gasteiger partial charge in [0.15, 0.2) is 5.13 Å². The third kappa shape index (κ3) is 2.44. The molecule has 0 spiro atoms. The molecule has 0 atom stereocenters. The highest BCUT2D eigenvalue weighted by Crippen LogP contribution is 2.28. The summed E-state index contributed by atoms with van der Waals surface area (Å²) in [6, 6.07) is 9.71. The van der Waals surface area contributed by atoms with Crippen LogP contribution in [0.2, 0.25) is 5.02 Å². The molecule has 2 aromatic heterocycles. The molecule has 0 aliphatic carbocycles. The fourth-order valence-corrected chi connectivity index (χ4v) is 2.66. The maximum Gasteiger partial charge on any atom is 0.184 e. The van der Waals surface area contributed by atoms with Crippen molar-refractivity contribution in [3.05, 3.63) is 53.3 Å². The number of halogens is 1. The van der Waals surface area contributed by atoms with E-state index in [1.807, 2.05) is 36.5 Å². The molecule has 3 aromatic rings. The third-order valence-corrected chi connectivity index (χ3v) is 3.75. The van der Waals surface area contributed by atoms with E-state index in [1.54, 1.807) is 17.5 Å². The molecule has 0 aliphatic rings. The predicted octanol–water partition coefficient (Wildman–Crippen LogP) is 3.96. The second kappa shape index (κ2) is 4.92. The van der Waals surface area contributed by atoms with E-state index < -0.39 is 0 Å². The Kier molecular flexibility index (Phi) is 3.13. The lowest BCUT2D eigenvalue weighted by Crippen LogP contribution is -1.98. The number of anilines is 1. The van der Waals surface area contributed by atoms with Crippen LogP contribution < -0.4 is 5.32 Å². The van der Waals surface area contributed by atoms with Crippen LogP contribution in [0.15, 0.2) is 42.7 Å². The van der Waals surface area contributed by atoms with E-state index in [2.05, 4.69) is 15.3 Å². The van der Waals surface area contributed by atoms with Crippen molar-refractivity contribution in [2.24, 2.45) is 0 Å². The first-order valence-corrected chi connectivity index (χ1v) is 6.69. The standard InChI is InChI=1S/C13H10ClN3S/c14-10-3-4-12-11(6-10)17-13(18-12)16-8-9-2-1-5-15-7-9/h1-7H,8H2,(H,16,17). The molecule has 0 fully saturated rings. The van der Waals surface area contributed by atoms with Gasteiger partial charge in [0.2, 0.25) is 0 Å². The summed E-state index contributed by atoms with van der Waals surface area (Å²) in [6.45, 7) is 0.724. The average molecular weight is 276 g/mol. The SMILES string of the molecule is Clc1ccc2sc(NCc3cccnc3)nc2c1. The molecule has 0 saturated carbocycles. The van der Waals surface area contributed by atoms with Crippen molar-refractivity contribution in [2.45, 2.75) is 6.54 Å². The van der Waals surface area contributed by atoms with Gasteiger partial charge in [-0.05, 0) is 29.8 Å². The van der Waals surface area contributed by atoms with E-state index in [4.69, 9.17) is 11.6 Å². The highest BCUT2D eigenvalue weighted by Gasteiger charge is 2.03. The van der Waals surface area contributed by atoms with Crippen LogP contribution in [-0.4, -0.2) is 9.97 Å². The van der Waals surface area contributed by atoms with Gasteiger partial charge in [0.05, 0.1) is 10.2 Å². The molecule has 3 nitrogen and oxygen atoms in total. The number of nitrogens with zero attached hydrogens (tertiary/aromatic N) is 2. The highest BCUT2D eigenvalue weighted by molar-refractivity contribution is 7.22. The minimum atomic E-state index is 0.714. The van der Waals surface area contributed by atoms with Gasteiger partial charge >= 0.3 is 0 Å². The van der Waals surface area contributed by atoms with Crippen molar-refractivity contribution in [1.29, 1.82) is 0 Å². The molecule has 3 rings (SSSR count). The third-order valence-electron chi connectivity index (χ3n) is 2.52. The Labute approximate surface area is 113 Å². The fraction of sp³-hybridized carbons (Fsp3) is 0.0769. The summed E-state index contributed by atoms with van der Waals surface area (Å²) in [5.41, 5.74) is 2.07. The molecule has 5 heteroatoms. The van der Waals surface area contributed by atoms with E-state index in [9.17, 15) is 0 Å². The first-order valence-electron chi connectivity index (χ1n) is 5.50. The van der Waals surface area contributed by atoms with Gasteiger partial charge in [-0.15, -0.1) is 0 Å². The number of hydrogen-bond acceptors (Lipinski definition) is 4. The fourth-order valence-electron chi connectivity index (χ4n) is 1.66. The van der Waals surface area contributed by atoms with Crippen LogP contribution in [0.25, 0.3) is 10.2 Å². The normalized spacial score (nSPS) is 10.7. The Hall–Kier alpha value is -1.65. The number of fused-ring (bicyclic) bond motifs is 1. The van der Waals surface area contributed by atoms with Crippen LogP contribution in [0.4, 0.5) is 5.13 Å². The molecular formula is C13H10ClN3S. The number of benzene rings is 1. The van der Waals surface area contributed by atoms with Crippen LogP contribution in [0.3, 0.4) is 0 Å². The molecule has 0 bridgehead atoms. The van der Waals surface area contributed by atoms with Gasteiger partial charge in [0, 0.05) is 24.0 Å².